The lowest BCUT2D eigenvalue weighted by atomic mass is 10.0. The van der Waals surface area contributed by atoms with Crippen molar-refractivity contribution in [3.05, 3.63) is 105 Å². The highest BCUT2D eigenvalue weighted by Gasteiger charge is 2.30. The number of amides is 2. The Kier molecular flexibility index (Phi) is 11.0. The summed E-state index contributed by atoms with van der Waals surface area (Å²) in [6, 6.07) is 22.7. The summed E-state index contributed by atoms with van der Waals surface area (Å²) in [5.41, 5.74) is 4.10. The molecule has 0 saturated heterocycles. The maximum Gasteiger partial charge on any atom is 0.243 e. The predicted molar refractivity (Wildman–Crippen MR) is 153 cm³/mol. The van der Waals surface area contributed by atoms with Gasteiger partial charge >= 0.3 is 0 Å². The topological polar surface area (TPSA) is 49.4 Å². The number of halogens is 2. The molecule has 0 saturated carbocycles. The van der Waals surface area contributed by atoms with Gasteiger partial charge in [0.15, 0.2) is 0 Å². The fourth-order valence-electron chi connectivity index (χ4n) is 4.15. The van der Waals surface area contributed by atoms with Crippen molar-refractivity contribution in [1.29, 1.82) is 0 Å². The summed E-state index contributed by atoms with van der Waals surface area (Å²) in [7, 11) is 0. The highest BCUT2D eigenvalue weighted by Crippen LogP contribution is 2.25. The molecule has 6 heteroatoms. The summed E-state index contributed by atoms with van der Waals surface area (Å²) in [5.74, 6) is 0.0387. The summed E-state index contributed by atoms with van der Waals surface area (Å²) in [6.45, 7) is 6.97. The van der Waals surface area contributed by atoms with Gasteiger partial charge in [-0.25, -0.2) is 0 Å². The number of hydrogen-bond donors (Lipinski definition) is 1. The Morgan fingerprint density at radius 1 is 0.892 bits per heavy atom. The highest BCUT2D eigenvalue weighted by molar-refractivity contribution is 6.35. The molecule has 0 aliphatic heterocycles. The Morgan fingerprint density at radius 2 is 1.57 bits per heavy atom. The van der Waals surface area contributed by atoms with E-state index in [9.17, 15) is 9.59 Å². The van der Waals surface area contributed by atoms with Crippen LogP contribution in [-0.2, 0) is 35.4 Å². The van der Waals surface area contributed by atoms with E-state index < -0.39 is 6.04 Å². The van der Waals surface area contributed by atoms with Crippen molar-refractivity contribution in [1.82, 2.24) is 10.2 Å². The van der Waals surface area contributed by atoms with Gasteiger partial charge in [0.05, 0.1) is 0 Å². The van der Waals surface area contributed by atoms with Crippen molar-refractivity contribution in [2.24, 2.45) is 5.92 Å². The summed E-state index contributed by atoms with van der Waals surface area (Å²) >= 11 is 12.6. The molecule has 0 aliphatic rings. The van der Waals surface area contributed by atoms with Crippen LogP contribution in [0.5, 0.6) is 0 Å². The monoisotopic (exact) mass is 538 g/mol. The van der Waals surface area contributed by atoms with Crippen LogP contribution in [0, 0.1) is 5.92 Å². The molecule has 3 rings (SSSR count). The Labute approximate surface area is 231 Å². The molecular formula is C31H36Cl2N2O2. The predicted octanol–water partition coefficient (Wildman–Crippen LogP) is 6.90. The quantitative estimate of drug-likeness (QED) is 0.272. The number of hydrogen-bond acceptors (Lipinski definition) is 2. The average Bonchev–Trinajstić information content (AvgIpc) is 2.89. The van der Waals surface area contributed by atoms with Crippen LogP contribution < -0.4 is 5.32 Å². The van der Waals surface area contributed by atoms with Gasteiger partial charge in [-0.3, -0.25) is 9.59 Å². The molecule has 0 radical (unpaired) electrons. The Balaban J connectivity index is 1.91. The number of carbonyl (C=O) groups excluding carboxylic acids is 2. The van der Waals surface area contributed by atoms with Gasteiger partial charge in [0, 0.05) is 36.0 Å². The molecule has 196 valence electrons. The molecule has 2 amide bonds. The molecule has 0 aromatic heterocycles. The fourth-order valence-corrected chi connectivity index (χ4v) is 4.61. The smallest absolute Gasteiger partial charge is 0.243 e. The number of aryl methyl sites for hydroxylation is 2. The maximum absolute atomic E-state index is 13.8. The first-order valence-corrected chi connectivity index (χ1v) is 13.6. The van der Waals surface area contributed by atoms with Gasteiger partial charge in [0.1, 0.15) is 6.04 Å². The number of nitrogens with zero attached hydrogens (tertiary/aromatic N) is 1. The third kappa shape index (κ3) is 8.91. The van der Waals surface area contributed by atoms with E-state index in [2.05, 4.69) is 36.5 Å². The molecular weight excluding hydrogens is 503 g/mol. The average molecular weight is 540 g/mol. The Bertz CT molecular complexity index is 1160. The van der Waals surface area contributed by atoms with Crippen LogP contribution >= 0.6 is 23.2 Å². The van der Waals surface area contributed by atoms with E-state index in [0.29, 0.717) is 41.8 Å². The van der Waals surface area contributed by atoms with Crippen molar-refractivity contribution in [3.63, 3.8) is 0 Å². The molecule has 0 spiro atoms. The first kappa shape index (κ1) is 28.7. The number of benzene rings is 3. The van der Waals surface area contributed by atoms with Crippen LogP contribution in [0.1, 0.15) is 49.4 Å². The van der Waals surface area contributed by atoms with E-state index in [-0.39, 0.29) is 18.4 Å². The van der Waals surface area contributed by atoms with E-state index in [4.69, 9.17) is 23.2 Å². The zero-order valence-electron chi connectivity index (χ0n) is 21.8. The van der Waals surface area contributed by atoms with Gasteiger partial charge in [-0.15, -0.1) is 0 Å². The largest absolute Gasteiger partial charge is 0.354 e. The number of carbonyl (C=O) groups is 2. The molecule has 1 N–H and O–H groups in total. The summed E-state index contributed by atoms with van der Waals surface area (Å²) < 4.78 is 0. The Morgan fingerprint density at radius 3 is 2.19 bits per heavy atom. The molecule has 0 bridgehead atoms. The zero-order chi connectivity index (χ0) is 26.8. The van der Waals surface area contributed by atoms with E-state index in [1.165, 1.54) is 5.56 Å². The zero-order valence-corrected chi connectivity index (χ0v) is 23.4. The van der Waals surface area contributed by atoms with Gasteiger partial charge in [-0.2, -0.15) is 0 Å². The van der Waals surface area contributed by atoms with Gasteiger partial charge < -0.3 is 10.2 Å². The molecule has 3 aromatic carbocycles. The molecule has 3 aromatic rings. The van der Waals surface area contributed by atoms with E-state index in [0.717, 1.165) is 23.1 Å². The van der Waals surface area contributed by atoms with Crippen molar-refractivity contribution in [2.45, 2.75) is 59.0 Å². The summed E-state index contributed by atoms with van der Waals surface area (Å²) in [6.07, 6.45) is 2.27. The highest BCUT2D eigenvalue weighted by atomic mass is 35.5. The summed E-state index contributed by atoms with van der Waals surface area (Å²) in [4.78, 5) is 29.0. The van der Waals surface area contributed by atoms with Crippen LogP contribution in [-0.4, -0.2) is 29.3 Å². The molecule has 0 heterocycles. The van der Waals surface area contributed by atoms with E-state index >= 15 is 0 Å². The lowest BCUT2D eigenvalue weighted by Gasteiger charge is -2.32. The van der Waals surface area contributed by atoms with Crippen LogP contribution in [0.3, 0.4) is 0 Å². The second-order valence-corrected chi connectivity index (χ2v) is 10.6. The minimum Gasteiger partial charge on any atom is -0.354 e. The van der Waals surface area contributed by atoms with Gasteiger partial charge in [0.25, 0.3) is 0 Å². The number of nitrogens with one attached hydrogen (secondary N) is 1. The molecule has 4 nitrogen and oxygen atoms in total. The van der Waals surface area contributed by atoms with Crippen LogP contribution in [0.2, 0.25) is 10.0 Å². The first-order valence-electron chi connectivity index (χ1n) is 12.9. The Hall–Kier alpha value is -2.82. The van der Waals surface area contributed by atoms with Crippen molar-refractivity contribution in [3.8, 4) is 0 Å². The van der Waals surface area contributed by atoms with E-state index in [1.54, 1.807) is 17.0 Å². The van der Waals surface area contributed by atoms with Crippen LogP contribution in [0.4, 0.5) is 0 Å². The molecule has 0 fully saturated rings. The first-order chi connectivity index (χ1) is 17.8. The molecule has 0 aliphatic carbocycles. The minimum absolute atomic E-state index is 0.0915. The summed E-state index contributed by atoms with van der Waals surface area (Å²) in [5, 5.41) is 4.05. The van der Waals surface area contributed by atoms with Crippen molar-refractivity contribution < 1.29 is 9.59 Å². The van der Waals surface area contributed by atoms with Gasteiger partial charge in [0.2, 0.25) is 11.8 Å². The molecule has 1 atom stereocenters. The van der Waals surface area contributed by atoms with Crippen molar-refractivity contribution in [2.75, 3.05) is 6.54 Å². The van der Waals surface area contributed by atoms with Gasteiger partial charge in [-0.05, 0) is 53.1 Å². The SMILES string of the molecule is CCc1ccc(CCC(=O)N(Cc2ccc(Cl)cc2Cl)[C@@H](Cc2ccccc2)C(=O)NCC(C)C)cc1. The standard InChI is InChI=1S/C31H36Cl2N2O2/c1-4-23-10-12-24(13-11-23)14-17-30(36)35(21-26-15-16-27(32)19-28(26)33)29(31(37)34-20-22(2)3)18-25-8-6-5-7-9-25/h5-13,15-16,19,22,29H,4,14,17-18,20-21H2,1-3H3,(H,34,37)/t29-/m0/s1. The maximum atomic E-state index is 13.8. The van der Waals surface area contributed by atoms with Crippen LogP contribution in [0.15, 0.2) is 72.8 Å². The normalized spacial score (nSPS) is 11.8. The van der Waals surface area contributed by atoms with Gasteiger partial charge in [-0.1, -0.05) is 105 Å². The minimum atomic E-state index is -0.678. The fraction of sp³-hybridized carbons (Fsp3) is 0.355. The second-order valence-electron chi connectivity index (χ2n) is 9.77. The van der Waals surface area contributed by atoms with Crippen LogP contribution in [0.25, 0.3) is 0 Å². The lowest BCUT2D eigenvalue weighted by Crippen LogP contribution is -2.51. The third-order valence-corrected chi connectivity index (χ3v) is 6.96. The van der Waals surface area contributed by atoms with Crippen molar-refractivity contribution >= 4 is 35.0 Å². The number of rotatable bonds is 12. The second kappa shape index (κ2) is 14.2. The lowest BCUT2D eigenvalue weighted by molar-refractivity contribution is -0.141. The third-order valence-electron chi connectivity index (χ3n) is 6.37. The molecule has 0 unspecified atom stereocenters. The van der Waals surface area contributed by atoms with E-state index in [1.807, 2.05) is 50.2 Å². The molecule has 37 heavy (non-hydrogen) atoms.